The Morgan fingerprint density at radius 2 is 1.60 bits per heavy atom. The summed E-state index contributed by atoms with van der Waals surface area (Å²) in [6.45, 7) is 8.45. The standard InChI is InChI=1S/C25H33N3O2/c1-18(2)23(27-24(29)21-14-8-7-11-19(21)3)25(30)26-17-22(28-15-9-10-16-28)20-12-5-4-6-13-20/h4-8,11-14,18,22-23H,9-10,15-17H2,1-3H3,(H,26,30)(H,27,29). The number of hydrogen-bond donors (Lipinski definition) is 2. The quantitative estimate of drug-likeness (QED) is 0.701. The van der Waals surface area contributed by atoms with E-state index in [1.807, 2.05) is 57.2 Å². The highest BCUT2D eigenvalue weighted by molar-refractivity contribution is 5.98. The average molecular weight is 408 g/mol. The van der Waals surface area contributed by atoms with Crippen LogP contribution in [-0.4, -0.2) is 42.4 Å². The molecule has 160 valence electrons. The number of amides is 2. The molecule has 0 radical (unpaired) electrons. The molecular formula is C25H33N3O2. The van der Waals surface area contributed by atoms with Crippen LogP contribution in [0.5, 0.6) is 0 Å². The molecule has 1 saturated heterocycles. The molecule has 30 heavy (non-hydrogen) atoms. The molecule has 5 heteroatoms. The molecule has 0 aromatic heterocycles. The van der Waals surface area contributed by atoms with Crippen LogP contribution in [0.4, 0.5) is 0 Å². The molecule has 3 rings (SSSR count). The lowest BCUT2D eigenvalue weighted by Crippen LogP contribution is -2.51. The van der Waals surface area contributed by atoms with Crippen LogP contribution in [0.3, 0.4) is 0 Å². The normalized spacial score (nSPS) is 16.3. The summed E-state index contributed by atoms with van der Waals surface area (Å²) in [5.74, 6) is -0.354. The molecule has 0 bridgehead atoms. The van der Waals surface area contributed by atoms with E-state index >= 15 is 0 Å². The minimum atomic E-state index is -0.577. The van der Waals surface area contributed by atoms with Crippen molar-refractivity contribution in [2.75, 3.05) is 19.6 Å². The van der Waals surface area contributed by atoms with E-state index in [1.165, 1.54) is 18.4 Å². The Balaban J connectivity index is 1.68. The first kappa shape index (κ1) is 22.0. The molecule has 0 spiro atoms. The maximum Gasteiger partial charge on any atom is 0.252 e. The Labute approximate surface area is 179 Å². The number of aryl methyl sites for hydroxylation is 1. The lowest BCUT2D eigenvalue weighted by Gasteiger charge is -2.29. The maximum absolute atomic E-state index is 13.0. The van der Waals surface area contributed by atoms with E-state index in [1.54, 1.807) is 6.07 Å². The predicted octanol–water partition coefficient (Wildman–Crippen LogP) is 3.70. The zero-order chi connectivity index (χ0) is 21.5. The van der Waals surface area contributed by atoms with E-state index in [9.17, 15) is 9.59 Å². The van der Waals surface area contributed by atoms with Gasteiger partial charge >= 0.3 is 0 Å². The highest BCUT2D eigenvalue weighted by Crippen LogP contribution is 2.24. The lowest BCUT2D eigenvalue weighted by molar-refractivity contribution is -0.124. The second-order valence-corrected chi connectivity index (χ2v) is 8.42. The molecule has 2 aromatic rings. The molecule has 1 heterocycles. The number of rotatable bonds is 8. The van der Waals surface area contributed by atoms with Crippen LogP contribution in [0.25, 0.3) is 0 Å². The minimum Gasteiger partial charge on any atom is -0.352 e. The summed E-state index contributed by atoms with van der Waals surface area (Å²) in [6, 6.07) is 17.3. The third-order valence-corrected chi connectivity index (χ3v) is 5.86. The highest BCUT2D eigenvalue weighted by atomic mass is 16.2. The van der Waals surface area contributed by atoms with Gasteiger partial charge in [0.25, 0.3) is 5.91 Å². The van der Waals surface area contributed by atoms with Crippen molar-refractivity contribution in [1.29, 1.82) is 0 Å². The molecule has 1 aliphatic heterocycles. The molecule has 0 saturated carbocycles. The number of nitrogens with one attached hydrogen (secondary N) is 2. The van der Waals surface area contributed by atoms with Crippen molar-refractivity contribution in [3.63, 3.8) is 0 Å². The van der Waals surface area contributed by atoms with Gasteiger partial charge in [-0.2, -0.15) is 0 Å². The van der Waals surface area contributed by atoms with Crippen molar-refractivity contribution < 1.29 is 9.59 Å². The number of nitrogens with zero attached hydrogens (tertiary/aromatic N) is 1. The fourth-order valence-corrected chi connectivity index (χ4v) is 4.08. The highest BCUT2D eigenvalue weighted by Gasteiger charge is 2.28. The van der Waals surface area contributed by atoms with Crippen molar-refractivity contribution in [2.24, 2.45) is 5.92 Å². The van der Waals surface area contributed by atoms with Crippen molar-refractivity contribution in [3.8, 4) is 0 Å². The molecular weight excluding hydrogens is 374 g/mol. The van der Waals surface area contributed by atoms with Gasteiger partial charge in [0.15, 0.2) is 0 Å². The summed E-state index contributed by atoms with van der Waals surface area (Å²) < 4.78 is 0. The Morgan fingerprint density at radius 1 is 0.967 bits per heavy atom. The van der Waals surface area contributed by atoms with Gasteiger partial charge in [-0.1, -0.05) is 62.4 Å². The molecule has 2 N–H and O–H groups in total. The van der Waals surface area contributed by atoms with Crippen LogP contribution in [0.2, 0.25) is 0 Å². The zero-order valence-electron chi connectivity index (χ0n) is 18.2. The van der Waals surface area contributed by atoms with E-state index in [-0.39, 0.29) is 23.8 Å². The summed E-state index contributed by atoms with van der Waals surface area (Å²) in [4.78, 5) is 28.2. The predicted molar refractivity (Wildman–Crippen MR) is 120 cm³/mol. The van der Waals surface area contributed by atoms with Crippen molar-refractivity contribution >= 4 is 11.8 Å². The Morgan fingerprint density at radius 3 is 2.23 bits per heavy atom. The summed E-state index contributed by atoms with van der Waals surface area (Å²) in [6.07, 6.45) is 2.39. The fourth-order valence-electron chi connectivity index (χ4n) is 4.08. The molecule has 0 aliphatic carbocycles. The molecule has 1 aliphatic rings. The monoisotopic (exact) mass is 407 g/mol. The smallest absolute Gasteiger partial charge is 0.252 e. The summed E-state index contributed by atoms with van der Waals surface area (Å²) in [5.41, 5.74) is 2.72. The van der Waals surface area contributed by atoms with Gasteiger partial charge in [-0.3, -0.25) is 14.5 Å². The van der Waals surface area contributed by atoms with Gasteiger partial charge in [0.1, 0.15) is 6.04 Å². The minimum absolute atomic E-state index is 0.0140. The van der Waals surface area contributed by atoms with Crippen molar-refractivity contribution in [2.45, 2.75) is 45.7 Å². The summed E-state index contributed by atoms with van der Waals surface area (Å²) in [7, 11) is 0. The third kappa shape index (κ3) is 5.48. The van der Waals surface area contributed by atoms with E-state index < -0.39 is 6.04 Å². The van der Waals surface area contributed by atoms with Crippen LogP contribution in [0.15, 0.2) is 54.6 Å². The van der Waals surface area contributed by atoms with Crippen LogP contribution in [0.1, 0.15) is 54.2 Å². The van der Waals surface area contributed by atoms with E-state index in [4.69, 9.17) is 0 Å². The number of carbonyl (C=O) groups excluding carboxylic acids is 2. The van der Waals surface area contributed by atoms with Crippen LogP contribution in [-0.2, 0) is 4.79 Å². The fraction of sp³-hybridized carbons (Fsp3) is 0.440. The Bertz CT molecular complexity index is 844. The summed E-state index contributed by atoms with van der Waals surface area (Å²) >= 11 is 0. The first-order valence-electron chi connectivity index (χ1n) is 10.9. The van der Waals surface area contributed by atoms with Crippen LogP contribution < -0.4 is 10.6 Å². The molecule has 2 atom stereocenters. The Hall–Kier alpha value is -2.66. The van der Waals surface area contributed by atoms with E-state index in [2.05, 4.69) is 27.7 Å². The summed E-state index contributed by atoms with van der Waals surface area (Å²) in [5, 5.41) is 6.06. The van der Waals surface area contributed by atoms with Gasteiger partial charge in [-0.15, -0.1) is 0 Å². The van der Waals surface area contributed by atoms with Gasteiger partial charge in [0.2, 0.25) is 5.91 Å². The second-order valence-electron chi connectivity index (χ2n) is 8.42. The zero-order valence-corrected chi connectivity index (χ0v) is 18.2. The SMILES string of the molecule is Cc1ccccc1C(=O)NC(C(=O)NCC(c1ccccc1)N1CCCC1)C(C)C. The molecule has 2 unspecified atom stereocenters. The topological polar surface area (TPSA) is 61.4 Å². The van der Waals surface area contributed by atoms with Gasteiger partial charge in [0.05, 0.1) is 6.04 Å². The van der Waals surface area contributed by atoms with E-state index in [0.717, 1.165) is 18.7 Å². The van der Waals surface area contributed by atoms with Crippen molar-refractivity contribution in [1.82, 2.24) is 15.5 Å². The van der Waals surface area contributed by atoms with Crippen LogP contribution >= 0.6 is 0 Å². The number of likely N-dealkylation sites (tertiary alicyclic amines) is 1. The van der Waals surface area contributed by atoms with Crippen molar-refractivity contribution in [3.05, 3.63) is 71.3 Å². The van der Waals surface area contributed by atoms with Crippen LogP contribution in [0, 0.1) is 12.8 Å². The average Bonchev–Trinajstić information content (AvgIpc) is 3.27. The van der Waals surface area contributed by atoms with Gasteiger partial charge in [-0.25, -0.2) is 0 Å². The third-order valence-electron chi connectivity index (χ3n) is 5.86. The second kappa shape index (κ2) is 10.4. The first-order valence-corrected chi connectivity index (χ1v) is 10.9. The first-order chi connectivity index (χ1) is 14.5. The number of hydrogen-bond acceptors (Lipinski definition) is 3. The number of benzene rings is 2. The molecule has 2 amide bonds. The van der Waals surface area contributed by atoms with Gasteiger partial charge in [-0.05, 0) is 56.0 Å². The molecule has 5 nitrogen and oxygen atoms in total. The molecule has 1 fully saturated rings. The van der Waals surface area contributed by atoms with E-state index in [0.29, 0.717) is 12.1 Å². The number of carbonyl (C=O) groups is 2. The molecule has 2 aromatic carbocycles. The largest absolute Gasteiger partial charge is 0.352 e. The maximum atomic E-state index is 13.0. The van der Waals surface area contributed by atoms with Gasteiger partial charge < -0.3 is 10.6 Å². The Kier molecular flexibility index (Phi) is 7.63. The lowest BCUT2D eigenvalue weighted by atomic mass is 10.0. The van der Waals surface area contributed by atoms with Gasteiger partial charge in [0, 0.05) is 12.1 Å².